The first-order chi connectivity index (χ1) is 9.43. The van der Waals surface area contributed by atoms with Crippen molar-refractivity contribution in [2.45, 2.75) is 32.3 Å². The maximum absolute atomic E-state index is 11.4. The fourth-order valence-corrected chi connectivity index (χ4v) is 2.66. The minimum Gasteiger partial charge on any atom is -0.496 e. The Morgan fingerprint density at radius 2 is 2.20 bits per heavy atom. The van der Waals surface area contributed by atoms with Gasteiger partial charge in [0.05, 0.1) is 13.7 Å². The van der Waals surface area contributed by atoms with Crippen molar-refractivity contribution in [1.82, 2.24) is 5.32 Å². The molecule has 1 saturated heterocycles. The van der Waals surface area contributed by atoms with Crippen molar-refractivity contribution in [3.8, 4) is 5.75 Å². The summed E-state index contributed by atoms with van der Waals surface area (Å²) in [4.78, 5) is 11.4. The molecule has 1 aromatic rings. The van der Waals surface area contributed by atoms with Crippen LogP contribution in [0.5, 0.6) is 5.75 Å². The van der Waals surface area contributed by atoms with Gasteiger partial charge in [0, 0.05) is 12.1 Å². The highest BCUT2D eigenvalue weighted by Crippen LogP contribution is 2.37. The van der Waals surface area contributed by atoms with E-state index >= 15 is 0 Å². The molecule has 1 unspecified atom stereocenters. The van der Waals surface area contributed by atoms with Crippen LogP contribution in [-0.2, 0) is 10.3 Å². The fraction of sp³-hybridized carbons (Fsp3) is 0.533. The second-order valence-corrected chi connectivity index (χ2v) is 5.51. The highest BCUT2D eigenvalue weighted by Gasteiger charge is 2.42. The Morgan fingerprint density at radius 3 is 2.65 bits per heavy atom. The molecule has 1 aliphatic heterocycles. The number of alkyl carbamates (subject to hydrolysis) is 1. The number of aryl methyl sites for hydroxylation is 1. The number of carbonyl (C=O) groups excluding carboxylic acids is 1. The summed E-state index contributed by atoms with van der Waals surface area (Å²) in [6.07, 6.45) is -0.420. The lowest BCUT2D eigenvalue weighted by molar-refractivity contribution is 0.0611. The molecule has 0 spiro atoms. The molecule has 0 saturated carbocycles. The van der Waals surface area contributed by atoms with E-state index in [1.165, 1.54) is 0 Å². The first-order valence-corrected chi connectivity index (χ1v) is 6.79. The summed E-state index contributed by atoms with van der Waals surface area (Å²) in [6.45, 7) is 6.82. The number of rotatable bonds is 4. The monoisotopic (exact) mass is 278 g/mol. The molecule has 1 fully saturated rings. The van der Waals surface area contributed by atoms with Crippen molar-refractivity contribution in [3.05, 3.63) is 28.8 Å². The van der Waals surface area contributed by atoms with Crippen LogP contribution in [0.15, 0.2) is 12.1 Å². The van der Waals surface area contributed by atoms with E-state index in [0.29, 0.717) is 12.5 Å². The van der Waals surface area contributed by atoms with Crippen LogP contribution in [0.3, 0.4) is 0 Å². The molecule has 3 N–H and O–H groups in total. The third kappa shape index (κ3) is 2.33. The van der Waals surface area contributed by atoms with Crippen LogP contribution in [0.25, 0.3) is 0 Å². The van der Waals surface area contributed by atoms with Crippen LogP contribution in [-0.4, -0.2) is 26.3 Å². The molecule has 1 atom stereocenters. The number of amides is 1. The molecular formula is C15H22N2O3. The molecule has 0 radical (unpaired) electrons. The standard InChI is InChI=1S/C15H22N2O3/c1-9(2)11-6-12(10(3)5-13(11)19-4)15(7-16)8-17-14(18)20-15/h5-6,9H,7-8,16H2,1-4H3,(H,17,18). The third-order valence-corrected chi connectivity index (χ3v) is 3.83. The van der Waals surface area contributed by atoms with Crippen LogP contribution >= 0.6 is 0 Å². The quantitative estimate of drug-likeness (QED) is 0.883. The van der Waals surface area contributed by atoms with Crippen molar-refractivity contribution < 1.29 is 14.3 Å². The first-order valence-electron chi connectivity index (χ1n) is 6.79. The summed E-state index contributed by atoms with van der Waals surface area (Å²) < 4.78 is 10.9. The fourth-order valence-electron chi connectivity index (χ4n) is 2.66. The smallest absolute Gasteiger partial charge is 0.408 e. The van der Waals surface area contributed by atoms with E-state index < -0.39 is 11.7 Å². The lowest BCUT2D eigenvalue weighted by Gasteiger charge is -2.28. The molecule has 1 amide bonds. The molecular weight excluding hydrogens is 256 g/mol. The Bertz CT molecular complexity index is 528. The van der Waals surface area contributed by atoms with Crippen LogP contribution in [0, 0.1) is 6.92 Å². The molecule has 110 valence electrons. The highest BCUT2D eigenvalue weighted by atomic mass is 16.6. The Morgan fingerprint density at radius 1 is 1.50 bits per heavy atom. The Kier molecular flexibility index (Phi) is 3.90. The van der Waals surface area contributed by atoms with Gasteiger partial charge < -0.3 is 20.5 Å². The number of methoxy groups -OCH3 is 1. The second kappa shape index (κ2) is 5.32. The van der Waals surface area contributed by atoms with Gasteiger partial charge in [-0.25, -0.2) is 4.79 Å². The van der Waals surface area contributed by atoms with Crippen LogP contribution in [0.2, 0.25) is 0 Å². The van der Waals surface area contributed by atoms with Crippen molar-refractivity contribution in [3.63, 3.8) is 0 Å². The van der Waals surface area contributed by atoms with Crippen molar-refractivity contribution >= 4 is 6.09 Å². The van der Waals surface area contributed by atoms with Crippen LogP contribution in [0.4, 0.5) is 4.79 Å². The molecule has 1 aromatic carbocycles. The predicted octanol–water partition coefficient (Wildman–Crippen LogP) is 2.02. The number of nitrogens with one attached hydrogen (secondary N) is 1. The molecule has 5 nitrogen and oxygen atoms in total. The van der Waals surface area contributed by atoms with E-state index in [1.54, 1.807) is 7.11 Å². The number of hydrogen-bond acceptors (Lipinski definition) is 4. The lowest BCUT2D eigenvalue weighted by Crippen LogP contribution is -2.39. The van der Waals surface area contributed by atoms with E-state index in [2.05, 4.69) is 19.2 Å². The zero-order valence-corrected chi connectivity index (χ0v) is 12.4. The van der Waals surface area contributed by atoms with Gasteiger partial charge in [-0.2, -0.15) is 0 Å². The van der Waals surface area contributed by atoms with Gasteiger partial charge in [0.25, 0.3) is 0 Å². The van der Waals surface area contributed by atoms with Crippen molar-refractivity contribution in [2.24, 2.45) is 5.73 Å². The maximum Gasteiger partial charge on any atom is 0.408 e. The van der Waals surface area contributed by atoms with E-state index in [1.807, 2.05) is 19.1 Å². The highest BCUT2D eigenvalue weighted by molar-refractivity contribution is 5.71. The lowest BCUT2D eigenvalue weighted by atomic mass is 9.86. The number of hydrogen-bond donors (Lipinski definition) is 2. The van der Waals surface area contributed by atoms with Crippen LogP contribution in [0.1, 0.15) is 36.5 Å². The second-order valence-electron chi connectivity index (χ2n) is 5.51. The summed E-state index contributed by atoms with van der Waals surface area (Å²) in [5, 5.41) is 2.69. The summed E-state index contributed by atoms with van der Waals surface area (Å²) in [6, 6.07) is 4.03. The topological polar surface area (TPSA) is 73.6 Å². The zero-order chi connectivity index (χ0) is 14.9. The van der Waals surface area contributed by atoms with E-state index in [4.69, 9.17) is 15.2 Å². The summed E-state index contributed by atoms with van der Waals surface area (Å²) in [5.41, 5.74) is 8.14. The van der Waals surface area contributed by atoms with Gasteiger partial charge in [0.15, 0.2) is 5.60 Å². The normalized spacial score (nSPS) is 21.8. The summed E-state index contributed by atoms with van der Waals surface area (Å²) in [5.74, 6) is 1.16. The van der Waals surface area contributed by atoms with Crippen molar-refractivity contribution in [1.29, 1.82) is 0 Å². The van der Waals surface area contributed by atoms with Gasteiger partial charge in [-0.1, -0.05) is 13.8 Å². The molecule has 0 bridgehead atoms. The third-order valence-electron chi connectivity index (χ3n) is 3.83. The zero-order valence-electron chi connectivity index (χ0n) is 12.4. The van der Waals surface area contributed by atoms with Crippen molar-refractivity contribution in [2.75, 3.05) is 20.2 Å². The number of nitrogens with two attached hydrogens (primary N) is 1. The van der Waals surface area contributed by atoms with Gasteiger partial charge in [0.2, 0.25) is 0 Å². The van der Waals surface area contributed by atoms with E-state index in [9.17, 15) is 4.79 Å². The maximum atomic E-state index is 11.4. The number of benzene rings is 1. The molecule has 0 aliphatic carbocycles. The average molecular weight is 278 g/mol. The Hall–Kier alpha value is -1.75. The average Bonchev–Trinajstić information content (AvgIpc) is 2.80. The minimum absolute atomic E-state index is 0.246. The molecule has 1 heterocycles. The number of ether oxygens (including phenoxy) is 2. The molecule has 5 heteroatoms. The number of carbonyl (C=O) groups is 1. The van der Waals surface area contributed by atoms with Gasteiger partial charge in [-0.15, -0.1) is 0 Å². The number of cyclic esters (lactones) is 1. The van der Waals surface area contributed by atoms with E-state index in [-0.39, 0.29) is 6.54 Å². The summed E-state index contributed by atoms with van der Waals surface area (Å²) in [7, 11) is 1.66. The molecule has 1 aliphatic rings. The minimum atomic E-state index is -0.781. The van der Waals surface area contributed by atoms with Gasteiger partial charge >= 0.3 is 6.09 Å². The SMILES string of the molecule is COc1cc(C)c(C2(CN)CNC(=O)O2)cc1C(C)C. The largest absolute Gasteiger partial charge is 0.496 e. The van der Waals surface area contributed by atoms with E-state index in [0.717, 1.165) is 22.4 Å². The van der Waals surface area contributed by atoms with Gasteiger partial charge in [-0.3, -0.25) is 0 Å². The van der Waals surface area contributed by atoms with Gasteiger partial charge in [-0.05, 0) is 36.1 Å². The summed E-state index contributed by atoms with van der Waals surface area (Å²) >= 11 is 0. The predicted molar refractivity (Wildman–Crippen MR) is 77.0 cm³/mol. The first kappa shape index (κ1) is 14.7. The molecule has 0 aromatic heterocycles. The van der Waals surface area contributed by atoms with Gasteiger partial charge in [0.1, 0.15) is 5.75 Å². The Labute approximate surface area is 119 Å². The van der Waals surface area contributed by atoms with Crippen LogP contribution < -0.4 is 15.8 Å². The Balaban J connectivity index is 2.56. The molecule has 2 rings (SSSR count). The molecule has 20 heavy (non-hydrogen) atoms.